The van der Waals surface area contributed by atoms with Crippen LogP contribution in [0.1, 0.15) is 16.8 Å². The lowest BCUT2D eigenvalue weighted by Crippen LogP contribution is -2.30. The molecular formula is C12H14N2O6S. The summed E-state index contributed by atoms with van der Waals surface area (Å²) in [6.07, 6.45) is -0.0384. The maximum absolute atomic E-state index is 12.2. The average Bonchev–Trinajstić information content (AvgIpc) is 2.89. The predicted octanol–water partition coefficient (Wildman–Crippen LogP) is -0.0584. The highest BCUT2D eigenvalue weighted by Gasteiger charge is 2.37. The zero-order valence-electron chi connectivity index (χ0n) is 10.8. The molecule has 1 aromatic rings. The van der Waals surface area contributed by atoms with Gasteiger partial charge in [-0.1, -0.05) is 6.07 Å². The normalized spacial score (nSPS) is 21.9. The van der Waals surface area contributed by atoms with Crippen LogP contribution >= 0.6 is 0 Å². The summed E-state index contributed by atoms with van der Waals surface area (Å²) in [5, 5.41) is 19.4. The Bertz CT molecular complexity index is 672. The number of anilines is 1. The Morgan fingerprint density at radius 2 is 2.00 bits per heavy atom. The molecule has 8 nitrogen and oxygen atoms in total. The van der Waals surface area contributed by atoms with E-state index < -0.39 is 33.3 Å². The Morgan fingerprint density at radius 3 is 2.57 bits per heavy atom. The van der Waals surface area contributed by atoms with Crippen molar-refractivity contribution in [3.8, 4) is 0 Å². The molecule has 0 spiro atoms. The molecule has 2 unspecified atom stereocenters. The van der Waals surface area contributed by atoms with Crippen molar-refractivity contribution in [3.05, 3.63) is 29.8 Å². The second-order valence-corrected chi connectivity index (χ2v) is 6.65. The van der Waals surface area contributed by atoms with E-state index >= 15 is 0 Å². The molecule has 0 amide bonds. The fourth-order valence-electron chi connectivity index (χ4n) is 2.09. The van der Waals surface area contributed by atoms with Crippen LogP contribution in [-0.2, 0) is 14.8 Å². The van der Waals surface area contributed by atoms with E-state index in [1.54, 1.807) is 0 Å². The van der Waals surface area contributed by atoms with Gasteiger partial charge in [0.2, 0.25) is 10.0 Å². The highest BCUT2D eigenvalue weighted by molar-refractivity contribution is 7.93. The smallest absolute Gasteiger partial charge is 0.335 e. The molecule has 0 bridgehead atoms. The average molecular weight is 314 g/mol. The van der Waals surface area contributed by atoms with Crippen molar-refractivity contribution in [2.45, 2.75) is 17.7 Å². The number of hydrogen-bond acceptors (Lipinski definition) is 5. The molecule has 2 rings (SSSR count). The van der Waals surface area contributed by atoms with Crippen molar-refractivity contribution in [3.63, 3.8) is 0 Å². The largest absolute Gasteiger partial charge is 0.480 e. The second kappa shape index (κ2) is 5.70. The number of sulfonamides is 1. The lowest BCUT2D eigenvalue weighted by Gasteiger charge is -2.13. The van der Waals surface area contributed by atoms with E-state index in [9.17, 15) is 18.0 Å². The van der Waals surface area contributed by atoms with Gasteiger partial charge in [-0.15, -0.1) is 0 Å². The zero-order valence-corrected chi connectivity index (χ0v) is 11.6. The highest BCUT2D eigenvalue weighted by Crippen LogP contribution is 2.19. The summed E-state index contributed by atoms with van der Waals surface area (Å²) in [6.45, 7) is 0.0327. The van der Waals surface area contributed by atoms with Crippen LogP contribution in [0.3, 0.4) is 0 Å². The molecule has 2 atom stereocenters. The Hall–Kier alpha value is -2.13. The van der Waals surface area contributed by atoms with E-state index in [0.29, 0.717) is 0 Å². The van der Waals surface area contributed by atoms with Gasteiger partial charge < -0.3 is 15.5 Å². The fourth-order valence-corrected chi connectivity index (χ4v) is 3.47. The first-order valence-corrected chi connectivity index (χ1v) is 7.65. The van der Waals surface area contributed by atoms with Gasteiger partial charge >= 0.3 is 11.9 Å². The monoisotopic (exact) mass is 314 g/mol. The molecule has 1 aliphatic heterocycles. The quantitative estimate of drug-likeness (QED) is 0.598. The van der Waals surface area contributed by atoms with Crippen LogP contribution in [0.5, 0.6) is 0 Å². The van der Waals surface area contributed by atoms with Gasteiger partial charge in [-0.25, -0.2) is 13.2 Å². The Balaban J connectivity index is 2.13. The van der Waals surface area contributed by atoms with Crippen molar-refractivity contribution in [1.29, 1.82) is 0 Å². The minimum absolute atomic E-state index is 0.0327. The maximum atomic E-state index is 12.2. The van der Waals surface area contributed by atoms with E-state index in [4.69, 9.17) is 10.2 Å². The van der Waals surface area contributed by atoms with Crippen molar-refractivity contribution in [2.24, 2.45) is 0 Å². The molecule has 9 heteroatoms. The van der Waals surface area contributed by atoms with Crippen molar-refractivity contribution in [1.82, 2.24) is 5.32 Å². The van der Waals surface area contributed by atoms with E-state index in [0.717, 1.165) is 0 Å². The number of carboxylic acid groups (broad SMARTS) is 2. The number of rotatable bonds is 5. The van der Waals surface area contributed by atoms with Crippen molar-refractivity contribution >= 4 is 27.6 Å². The van der Waals surface area contributed by atoms with Crippen LogP contribution < -0.4 is 10.0 Å². The minimum Gasteiger partial charge on any atom is -0.480 e. The minimum atomic E-state index is -3.79. The lowest BCUT2D eigenvalue weighted by atomic mass is 10.2. The first-order valence-electron chi connectivity index (χ1n) is 6.11. The van der Waals surface area contributed by atoms with Gasteiger partial charge in [0.1, 0.15) is 6.04 Å². The summed E-state index contributed by atoms with van der Waals surface area (Å²) in [5.74, 6) is -2.26. The number of aliphatic carboxylic acids is 1. The fraction of sp³-hybridized carbons (Fsp3) is 0.333. The third kappa shape index (κ3) is 3.50. The van der Waals surface area contributed by atoms with Crippen LogP contribution in [0.2, 0.25) is 0 Å². The number of carboxylic acids is 2. The Morgan fingerprint density at radius 1 is 1.29 bits per heavy atom. The van der Waals surface area contributed by atoms with E-state index in [-0.39, 0.29) is 24.2 Å². The van der Waals surface area contributed by atoms with Crippen molar-refractivity contribution < 1.29 is 28.2 Å². The summed E-state index contributed by atoms with van der Waals surface area (Å²) < 4.78 is 26.6. The zero-order chi connectivity index (χ0) is 15.6. The molecule has 1 aliphatic rings. The number of benzene rings is 1. The second-order valence-electron chi connectivity index (χ2n) is 4.69. The maximum Gasteiger partial charge on any atom is 0.335 e. The molecule has 1 aromatic carbocycles. The van der Waals surface area contributed by atoms with Gasteiger partial charge in [0.05, 0.1) is 10.8 Å². The van der Waals surface area contributed by atoms with Gasteiger partial charge in [0, 0.05) is 12.2 Å². The third-order valence-corrected chi connectivity index (χ3v) is 4.95. The van der Waals surface area contributed by atoms with E-state index in [2.05, 4.69) is 10.0 Å². The molecule has 114 valence electrons. The molecule has 21 heavy (non-hydrogen) atoms. The van der Waals surface area contributed by atoms with Crippen LogP contribution in [0.25, 0.3) is 0 Å². The van der Waals surface area contributed by atoms with Gasteiger partial charge in [0.15, 0.2) is 0 Å². The summed E-state index contributed by atoms with van der Waals surface area (Å²) >= 11 is 0. The summed E-state index contributed by atoms with van der Waals surface area (Å²) in [6, 6.07) is 4.51. The molecule has 1 fully saturated rings. The number of hydrogen-bond donors (Lipinski definition) is 4. The number of nitrogens with one attached hydrogen (secondary N) is 2. The van der Waals surface area contributed by atoms with Crippen LogP contribution in [0.4, 0.5) is 5.69 Å². The molecule has 4 N–H and O–H groups in total. The van der Waals surface area contributed by atoms with Crippen LogP contribution in [0, 0.1) is 0 Å². The molecule has 0 saturated carbocycles. The van der Waals surface area contributed by atoms with Gasteiger partial charge in [-0.3, -0.25) is 9.52 Å². The SMILES string of the molecule is O=C(O)c1cccc(NS(=O)(=O)C2CNC(C(=O)O)C2)c1. The molecule has 0 aromatic heterocycles. The Labute approximate surface area is 120 Å². The number of carbonyl (C=O) groups is 2. The van der Waals surface area contributed by atoms with Crippen LogP contribution in [0.15, 0.2) is 24.3 Å². The summed E-state index contributed by atoms with van der Waals surface area (Å²) in [7, 11) is -3.79. The first-order chi connectivity index (χ1) is 9.79. The van der Waals surface area contributed by atoms with E-state index in [1.807, 2.05) is 0 Å². The first kappa shape index (κ1) is 15.3. The molecule has 1 heterocycles. The molecule has 0 radical (unpaired) electrons. The Kier molecular flexibility index (Phi) is 4.14. The summed E-state index contributed by atoms with van der Waals surface area (Å²) in [4.78, 5) is 21.6. The van der Waals surface area contributed by atoms with Gasteiger partial charge in [-0.2, -0.15) is 0 Å². The third-order valence-electron chi connectivity index (χ3n) is 3.20. The van der Waals surface area contributed by atoms with Crippen LogP contribution in [-0.4, -0.2) is 48.4 Å². The lowest BCUT2D eigenvalue weighted by molar-refractivity contribution is -0.139. The molecular weight excluding hydrogens is 300 g/mol. The van der Waals surface area contributed by atoms with Crippen molar-refractivity contribution in [2.75, 3.05) is 11.3 Å². The standard InChI is InChI=1S/C12H14N2O6S/c15-11(16)7-2-1-3-8(4-7)14-21(19,20)9-5-10(12(17)18)13-6-9/h1-4,9-10,13-14H,5-6H2,(H,15,16)(H,17,18). The summed E-state index contributed by atoms with van der Waals surface area (Å²) in [5.41, 5.74) is 0.0943. The van der Waals surface area contributed by atoms with Gasteiger partial charge in [-0.05, 0) is 24.6 Å². The van der Waals surface area contributed by atoms with E-state index in [1.165, 1.54) is 24.3 Å². The number of aromatic carboxylic acids is 1. The highest BCUT2D eigenvalue weighted by atomic mass is 32.2. The molecule has 0 aliphatic carbocycles. The van der Waals surface area contributed by atoms with Gasteiger partial charge in [0.25, 0.3) is 0 Å². The topological polar surface area (TPSA) is 133 Å². The predicted molar refractivity (Wildman–Crippen MR) is 73.8 cm³/mol. The molecule has 1 saturated heterocycles.